The van der Waals surface area contributed by atoms with Crippen molar-refractivity contribution in [3.8, 4) is 17.1 Å². The number of ether oxygens (including phenoxy) is 2. The van der Waals surface area contributed by atoms with Gasteiger partial charge in [-0.15, -0.1) is 0 Å². The minimum Gasteiger partial charge on any atom is -0.497 e. The van der Waals surface area contributed by atoms with Crippen LogP contribution in [0.15, 0.2) is 34.9 Å². The third-order valence-corrected chi connectivity index (χ3v) is 4.20. The van der Waals surface area contributed by atoms with Crippen LogP contribution in [0.2, 0.25) is 0 Å². The number of hydrogen-bond acceptors (Lipinski definition) is 5. The van der Waals surface area contributed by atoms with E-state index in [0.717, 1.165) is 35.7 Å². The Morgan fingerprint density at radius 3 is 2.46 bits per heavy atom. The topological polar surface area (TPSA) is 56.5 Å². The molecule has 0 aliphatic carbocycles. The van der Waals surface area contributed by atoms with Crippen molar-refractivity contribution in [3.05, 3.63) is 36.0 Å². The Hall–Kier alpha value is -1.85. The molecule has 2 aromatic rings. The van der Waals surface area contributed by atoms with Gasteiger partial charge in [-0.05, 0) is 29.7 Å². The lowest BCUT2D eigenvalue weighted by molar-refractivity contribution is -0.0774. The molecule has 1 saturated heterocycles. The van der Waals surface area contributed by atoms with Crippen molar-refractivity contribution in [2.75, 3.05) is 26.9 Å². The van der Waals surface area contributed by atoms with E-state index < -0.39 is 0 Å². The predicted octanol–water partition coefficient (Wildman–Crippen LogP) is 3.30. The third-order valence-electron chi connectivity index (χ3n) is 4.20. The molecule has 1 aromatic carbocycles. The maximum absolute atomic E-state index is 5.52. The van der Waals surface area contributed by atoms with Gasteiger partial charge in [0.1, 0.15) is 5.75 Å². The van der Waals surface area contributed by atoms with E-state index in [-0.39, 0.29) is 11.0 Å². The first-order chi connectivity index (χ1) is 11.4. The highest BCUT2D eigenvalue weighted by Crippen LogP contribution is 2.27. The Morgan fingerprint density at radius 1 is 1.21 bits per heavy atom. The van der Waals surface area contributed by atoms with Crippen molar-refractivity contribution in [3.63, 3.8) is 0 Å². The van der Waals surface area contributed by atoms with Gasteiger partial charge in [0, 0.05) is 24.6 Å². The maximum atomic E-state index is 5.52. The van der Waals surface area contributed by atoms with Gasteiger partial charge in [-0.2, -0.15) is 0 Å². The Balaban J connectivity index is 1.68. The van der Waals surface area contributed by atoms with Crippen molar-refractivity contribution in [2.45, 2.75) is 32.7 Å². The average molecular weight is 330 g/mol. The van der Waals surface area contributed by atoms with Gasteiger partial charge in [0.15, 0.2) is 5.76 Å². The molecule has 5 heteroatoms. The van der Waals surface area contributed by atoms with Gasteiger partial charge in [-0.3, -0.25) is 0 Å². The van der Waals surface area contributed by atoms with E-state index in [1.807, 2.05) is 30.3 Å². The SMILES string of the molecule is COc1ccc(-c2cc(CC3(NCC(C)(C)C)COC3)no2)cc1. The molecular weight excluding hydrogens is 304 g/mol. The smallest absolute Gasteiger partial charge is 0.167 e. The molecule has 1 aromatic heterocycles. The van der Waals surface area contributed by atoms with Crippen LogP contribution in [0.5, 0.6) is 5.75 Å². The molecule has 1 aliphatic rings. The molecular formula is C19H26N2O3. The van der Waals surface area contributed by atoms with E-state index in [4.69, 9.17) is 14.0 Å². The number of nitrogens with zero attached hydrogens (tertiary/aromatic N) is 1. The van der Waals surface area contributed by atoms with Gasteiger partial charge in [0.2, 0.25) is 0 Å². The van der Waals surface area contributed by atoms with Crippen LogP contribution in [-0.4, -0.2) is 37.6 Å². The van der Waals surface area contributed by atoms with E-state index >= 15 is 0 Å². The summed E-state index contributed by atoms with van der Waals surface area (Å²) in [6, 6.07) is 9.81. The highest BCUT2D eigenvalue weighted by atomic mass is 16.5. The zero-order chi connectivity index (χ0) is 17.2. The fourth-order valence-corrected chi connectivity index (χ4v) is 2.70. The van der Waals surface area contributed by atoms with Gasteiger partial charge >= 0.3 is 0 Å². The first-order valence-electron chi connectivity index (χ1n) is 8.32. The molecule has 1 fully saturated rings. The van der Waals surface area contributed by atoms with E-state index in [2.05, 4.69) is 31.2 Å². The largest absolute Gasteiger partial charge is 0.497 e. The number of benzene rings is 1. The summed E-state index contributed by atoms with van der Waals surface area (Å²) in [5, 5.41) is 7.91. The van der Waals surface area contributed by atoms with E-state index in [1.165, 1.54) is 0 Å². The first-order valence-corrected chi connectivity index (χ1v) is 8.32. The van der Waals surface area contributed by atoms with E-state index in [0.29, 0.717) is 13.2 Å². The summed E-state index contributed by atoms with van der Waals surface area (Å²) in [7, 11) is 1.66. The van der Waals surface area contributed by atoms with Crippen molar-refractivity contribution < 1.29 is 14.0 Å². The second kappa shape index (κ2) is 6.57. The molecule has 24 heavy (non-hydrogen) atoms. The van der Waals surface area contributed by atoms with Crippen molar-refractivity contribution in [1.29, 1.82) is 0 Å². The average Bonchev–Trinajstić information content (AvgIpc) is 2.97. The van der Waals surface area contributed by atoms with Gasteiger partial charge in [-0.25, -0.2) is 0 Å². The number of methoxy groups -OCH3 is 1. The minimum absolute atomic E-state index is 0.0265. The molecule has 0 radical (unpaired) electrons. The maximum Gasteiger partial charge on any atom is 0.167 e. The Labute approximate surface area is 143 Å². The molecule has 1 N–H and O–H groups in total. The molecule has 0 bridgehead atoms. The number of nitrogens with one attached hydrogen (secondary N) is 1. The zero-order valence-electron chi connectivity index (χ0n) is 14.9. The monoisotopic (exact) mass is 330 g/mol. The Kier molecular flexibility index (Phi) is 4.65. The lowest BCUT2D eigenvalue weighted by atomic mass is 9.88. The van der Waals surface area contributed by atoms with Crippen LogP contribution in [0.3, 0.4) is 0 Å². The highest BCUT2D eigenvalue weighted by Gasteiger charge is 2.39. The first kappa shape index (κ1) is 17.0. The molecule has 130 valence electrons. The normalized spacial score (nSPS) is 16.7. The number of aromatic nitrogens is 1. The molecule has 5 nitrogen and oxygen atoms in total. The Bertz CT molecular complexity index is 667. The van der Waals surface area contributed by atoms with Crippen LogP contribution in [0.4, 0.5) is 0 Å². The molecule has 3 rings (SSSR count). The standard InChI is InChI=1S/C19H26N2O3/c1-18(2,3)11-20-19(12-23-13-19)10-15-9-17(24-21-15)14-5-7-16(22-4)8-6-14/h5-9,20H,10-13H2,1-4H3. The fourth-order valence-electron chi connectivity index (χ4n) is 2.70. The highest BCUT2D eigenvalue weighted by molar-refractivity contribution is 5.58. The summed E-state index contributed by atoms with van der Waals surface area (Å²) in [5.41, 5.74) is 2.16. The van der Waals surface area contributed by atoms with Gasteiger partial charge in [0.05, 0.1) is 31.6 Å². The fraction of sp³-hybridized carbons (Fsp3) is 0.526. The molecule has 0 unspecified atom stereocenters. The van der Waals surface area contributed by atoms with Crippen LogP contribution in [-0.2, 0) is 11.2 Å². The molecule has 0 spiro atoms. The van der Waals surface area contributed by atoms with Gasteiger partial charge in [0.25, 0.3) is 0 Å². The van der Waals surface area contributed by atoms with Crippen LogP contribution < -0.4 is 10.1 Å². The lowest BCUT2D eigenvalue weighted by Gasteiger charge is -2.43. The quantitative estimate of drug-likeness (QED) is 0.881. The van der Waals surface area contributed by atoms with Gasteiger partial charge in [-0.1, -0.05) is 25.9 Å². The molecule has 2 heterocycles. The summed E-state index contributed by atoms with van der Waals surface area (Å²) in [5.74, 6) is 1.61. The summed E-state index contributed by atoms with van der Waals surface area (Å²) >= 11 is 0. The van der Waals surface area contributed by atoms with E-state index in [1.54, 1.807) is 7.11 Å². The van der Waals surface area contributed by atoms with Gasteiger partial charge < -0.3 is 19.3 Å². The summed E-state index contributed by atoms with van der Waals surface area (Å²) in [6.45, 7) is 9.06. The van der Waals surface area contributed by atoms with Crippen LogP contribution in [0.25, 0.3) is 11.3 Å². The minimum atomic E-state index is -0.0265. The van der Waals surface area contributed by atoms with Crippen LogP contribution in [0, 0.1) is 5.41 Å². The molecule has 0 amide bonds. The second-order valence-corrected chi connectivity index (χ2v) is 7.78. The summed E-state index contributed by atoms with van der Waals surface area (Å²) in [4.78, 5) is 0. The number of rotatable bonds is 6. The Morgan fingerprint density at radius 2 is 1.92 bits per heavy atom. The molecule has 0 atom stereocenters. The zero-order valence-corrected chi connectivity index (χ0v) is 14.9. The summed E-state index contributed by atoms with van der Waals surface area (Å²) < 4.78 is 16.2. The van der Waals surface area contributed by atoms with Crippen molar-refractivity contribution >= 4 is 0 Å². The van der Waals surface area contributed by atoms with Crippen LogP contribution in [0.1, 0.15) is 26.5 Å². The second-order valence-electron chi connectivity index (χ2n) is 7.78. The molecule has 0 saturated carbocycles. The molecule has 1 aliphatic heterocycles. The number of hydrogen-bond donors (Lipinski definition) is 1. The van der Waals surface area contributed by atoms with Crippen molar-refractivity contribution in [1.82, 2.24) is 10.5 Å². The van der Waals surface area contributed by atoms with E-state index in [9.17, 15) is 0 Å². The summed E-state index contributed by atoms with van der Waals surface area (Å²) in [6.07, 6.45) is 0.808. The third kappa shape index (κ3) is 3.97. The predicted molar refractivity (Wildman–Crippen MR) is 93.2 cm³/mol. The van der Waals surface area contributed by atoms with Crippen LogP contribution >= 0.6 is 0 Å². The van der Waals surface area contributed by atoms with Crippen molar-refractivity contribution in [2.24, 2.45) is 5.41 Å². The lowest BCUT2D eigenvalue weighted by Crippen LogP contribution is -2.63.